The Morgan fingerprint density at radius 3 is 2.67 bits per heavy atom. The minimum atomic E-state index is -0.579. The zero-order valence-corrected chi connectivity index (χ0v) is 9.60. The Morgan fingerprint density at radius 1 is 1.11 bits per heavy atom. The van der Waals surface area contributed by atoms with E-state index in [0.29, 0.717) is 11.3 Å². The van der Waals surface area contributed by atoms with Gasteiger partial charge in [-0.3, -0.25) is 4.79 Å². The summed E-state index contributed by atoms with van der Waals surface area (Å²) in [5, 5.41) is 0. The first kappa shape index (κ1) is 11.0. The Bertz CT molecular complexity index is 593. The van der Waals surface area contributed by atoms with Crippen LogP contribution in [0.25, 0.3) is 0 Å². The molecule has 1 atom stereocenters. The van der Waals surface area contributed by atoms with Crippen molar-refractivity contribution in [2.75, 3.05) is 0 Å². The van der Waals surface area contributed by atoms with Gasteiger partial charge in [-0.2, -0.15) is 0 Å². The lowest BCUT2D eigenvalue weighted by Gasteiger charge is -2.25. The fourth-order valence-electron chi connectivity index (χ4n) is 2.16. The second-order valence-corrected chi connectivity index (χ2v) is 4.30. The van der Waals surface area contributed by atoms with Crippen LogP contribution in [0.5, 0.6) is 5.75 Å². The van der Waals surface area contributed by atoms with Crippen LogP contribution < -0.4 is 4.74 Å². The largest absolute Gasteiger partial charge is 0.478 e. The topological polar surface area (TPSA) is 26.3 Å². The summed E-state index contributed by atoms with van der Waals surface area (Å²) in [5.41, 5.74) is 1.45. The van der Waals surface area contributed by atoms with Crippen molar-refractivity contribution >= 4 is 5.78 Å². The third-order valence-electron chi connectivity index (χ3n) is 3.03. The van der Waals surface area contributed by atoms with Gasteiger partial charge in [0.05, 0.1) is 0 Å². The highest BCUT2D eigenvalue weighted by Gasteiger charge is 2.29. The van der Waals surface area contributed by atoms with Crippen LogP contribution in [0.1, 0.15) is 17.2 Å². The molecule has 0 aliphatic carbocycles. The smallest absolute Gasteiger partial charge is 0.182 e. The lowest BCUT2D eigenvalue weighted by Crippen LogP contribution is -2.25. The monoisotopic (exact) mass is 242 g/mol. The molecule has 1 aliphatic heterocycles. The van der Waals surface area contributed by atoms with Crippen LogP contribution in [-0.2, 0) is 11.2 Å². The summed E-state index contributed by atoms with van der Waals surface area (Å²) in [6, 6.07) is 13.6. The fraction of sp³-hybridized carbons (Fsp3) is 0.133. The zero-order valence-electron chi connectivity index (χ0n) is 9.60. The number of fused-ring (bicyclic) bond motifs is 1. The molecule has 0 radical (unpaired) electrons. The summed E-state index contributed by atoms with van der Waals surface area (Å²) in [6.45, 7) is 0. The van der Waals surface area contributed by atoms with E-state index >= 15 is 0 Å². The van der Waals surface area contributed by atoms with Gasteiger partial charge in [0.25, 0.3) is 0 Å². The van der Waals surface area contributed by atoms with Gasteiger partial charge < -0.3 is 4.74 Å². The molecule has 2 aromatic carbocycles. The van der Waals surface area contributed by atoms with Crippen LogP contribution in [0.15, 0.2) is 48.5 Å². The van der Waals surface area contributed by atoms with Crippen LogP contribution >= 0.6 is 0 Å². The number of hydrogen-bond donors (Lipinski definition) is 0. The third-order valence-corrected chi connectivity index (χ3v) is 3.03. The van der Waals surface area contributed by atoms with Gasteiger partial charge >= 0.3 is 0 Å². The lowest BCUT2D eigenvalue weighted by molar-refractivity contribution is -0.126. The molecule has 1 aliphatic rings. The fourth-order valence-corrected chi connectivity index (χ4v) is 2.16. The average Bonchev–Trinajstić information content (AvgIpc) is 2.39. The van der Waals surface area contributed by atoms with E-state index in [4.69, 9.17) is 4.74 Å². The highest BCUT2D eigenvalue weighted by Crippen LogP contribution is 2.32. The van der Waals surface area contributed by atoms with Crippen molar-refractivity contribution in [1.82, 2.24) is 0 Å². The molecular weight excluding hydrogens is 231 g/mol. The first-order valence-electron chi connectivity index (χ1n) is 5.77. The first-order chi connectivity index (χ1) is 8.74. The minimum absolute atomic E-state index is 0.0423. The van der Waals surface area contributed by atoms with E-state index < -0.39 is 6.10 Å². The van der Waals surface area contributed by atoms with Crippen molar-refractivity contribution < 1.29 is 13.9 Å². The standard InChI is InChI=1S/C15H11FO2/c16-12-6-7-14-11(8-12)9-13(17)15(18-14)10-4-2-1-3-5-10/h1-8,15H,9H2. The van der Waals surface area contributed by atoms with Gasteiger partial charge in [0.2, 0.25) is 0 Å². The molecule has 0 fully saturated rings. The number of Topliss-reactive ketones (excluding diaryl/α,β-unsaturated/α-hetero) is 1. The molecule has 0 aromatic heterocycles. The van der Waals surface area contributed by atoms with Crippen molar-refractivity contribution in [2.45, 2.75) is 12.5 Å². The van der Waals surface area contributed by atoms with Crippen LogP contribution in [0, 0.1) is 5.82 Å². The molecule has 3 rings (SSSR count). The highest BCUT2D eigenvalue weighted by atomic mass is 19.1. The molecule has 0 spiro atoms. The van der Waals surface area contributed by atoms with Gasteiger partial charge in [-0.25, -0.2) is 4.39 Å². The van der Waals surface area contributed by atoms with E-state index in [1.165, 1.54) is 12.1 Å². The molecule has 18 heavy (non-hydrogen) atoms. The summed E-state index contributed by atoms with van der Waals surface area (Å²) in [5.74, 6) is 0.201. The summed E-state index contributed by atoms with van der Waals surface area (Å²) < 4.78 is 18.7. The summed E-state index contributed by atoms with van der Waals surface area (Å²) in [7, 11) is 0. The molecule has 2 nitrogen and oxygen atoms in total. The zero-order chi connectivity index (χ0) is 12.5. The average molecular weight is 242 g/mol. The maximum Gasteiger partial charge on any atom is 0.182 e. The second kappa shape index (κ2) is 4.26. The van der Waals surface area contributed by atoms with Gasteiger partial charge in [0, 0.05) is 12.0 Å². The Hall–Kier alpha value is -2.16. The summed E-state index contributed by atoms with van der Waals surface area (Å²) in [4.78, 5) is 12.0. The van der Waals surface area contributed by atoms with Crippen molar-refractivity contribution in [2.24, 2.45) is 0 Å². The molecule has 1 heterocycles. The Kier molecular flexibility index (Phi) is 2.59. The predicted octanol–water partition coefficient (Wildman–Crippen LogP) is 3.07. The van der Waals surface area contributed by atoms with E-state index in [2.05, 4.69) is 0 Å². The van der Waals surface area contributed by atoms with Crippen LogP contribution in [0.2, 0.25) is 0 Å². The first-order valence-corrected chi connectivity index (χ1v) is 5.77. The van der Waals surface area contributed by atoms with E-state index in [1.54, 1.807) is 6.07 Å². The Labute approximate surface area is 104 Å². The van der Waals surface area contributed by atoms with Gasteiger partial charge in [0.1, 0.15) is 11.6 Å². The highest BCUT2D eigenvalue weighted by molar-refractivity contribution is 5.88. The van der Waals surface area contributed by atoms with E-state index in [0.717, 1.165) is 5.56 Å². The maximum atomic E-state index is 13.1. The van der Waals surface area contributed by atoms with Crippen LogP contribution in [0.4, 0.5) is 4.39 Å². The van der Waals surface area contributed by atoms with Crippen LogP contribution in [0.3, 0.4) is 0 Å². The van der Waals surface area contributed by atoms with E-state index in [1.807, 2.05) is 30.3 Å². The van der Waals surface area contributed by atoms with Crippen LogP contribution in [-0.4, -0.2) is 5.78 Å². The van der Waals surface area contributed by atoms with E-state index in [9.17, 15) is 9.18 Å². The van der Waals surface area contributed by atoms with E-state index in [-0.39, 0.29) is 18.0 Å². The molecule has 0 saturated heterocycles. The number of hydrogen-bond acceptors (Lipinski definition) is 2. The van der Waals surface area contributed by atoms with Gasteiger partial charge in [-0.15, -0.1) is 0 Å². The van der Waals surface area contributed by atoms with Crippen molar-refractivity contribution in [3.63, 3.8) is 0 Å². The maximum absolute atomic E-state index is 13.1. The molecule has 0 amide bonds. The summed E-state index contributed by atoms with van der Waals surface area (Å²) >= 11 is 0. The molecule has 0 bridgehead atoms. The van der Waals surface area contributed by atoms with Gasteiger partial charge in [0.15, 0.2) is 11.9 Å². The molecule has 0 saturated carbocycles. The number of carbonyl (C=O) groups is 1. The number of ketones is 1. The number of ether oxygens (including phenoxy) is 1. The number of benzene rings is 2. The summed E-state index contributed by atoms with van der Waals surface area (Å²) in [6.07, 6.45) is -0.365. The quantitative estimate of drug-likeness (QED) is 0.768. The Balaban J connectivity index is 1.97. The van der Waals surface area contributed by atoms with Gasteiger partial charge in [-0.1, -0.05) is 30.3 Å². The van der Waals surface area contributed by atoms with Gasteiger partial charge in [-0.05, 0) is 23.8 Å². The van der Waals surface area contributed by atoms with Crippen molar-refractivity contribution in [3.8, 4) is 5.75 Å². The Morgan fingerprint density at radius 2 is 1.89 bits per heavy atom. The normalized spacial score (nSPS) is 18.1. The molecule has 1 unspecified atom stereocenters. The predicted molar refractivity (Wildman–Crippen MR) is 64.9 cm³/mol. The number of rotatable bonds is 1. The second-order valence-electron chi connectivity index (χ2n) is 4.30. The van der Waals surface area contributed by atoms with Crippen molar-refractivity contribution in [3.05, 3.63) is 65.5 Å². The molecule has 2 aromatic rings. The SMILES string of the molecule is O=C1Cc2cc(F)ccc2OC1c1ccccc1. The number of carbonyl (C=O) groups excluding carboxylic acids is 1. The molecule has 90 valence electrons. The molecule has 3 heteroatoms. The molecule has 0 N–H and O–H groups in total. The molecular formula is C15H11FO2. The minimum Gasteiger partial charge on any atom is -0.478 e. The number of halogens is 1. The van der Waals surface area contributed by atoms with Crippen molar-refractivity contribution in [1.29, 1.82) is 0 Å². The third kappa shape index (κ3) is 1.88. The lowest BCUT2D eigenvalue weighted by atomic mass is 9.96.